The Hall–Kier alpha value is -3.34. The second kappa shape index (κ2) is 9.49. The molecule has 0 atom stereocenters. The highest BCUT2D eigenvalue weighted by atomic mass is 35.5. The molecule has 0 saturated carbocycles. The zero-order chi connectivity index (χ0) is 24.5. The third-order valence-corrected chi connectivity index (χ3v) is 7.06. The van der Waals surface area contributed by atoms with E-state index in [9.17, 15) is 13.2 Å². The number of nitrogens with zero attached hydrogens (tertiary/aromatic N) is 4. The van der Waals surface area contributed by atoms with Crippen molar-refractivity contribution in [1.29, 1.82) is 0 Å². The van der Waals surface area contributed by atoms with Gasteiger partial charge in [-0.05, 0) is 49.4 Å². The van der Waals surface area contributed by atoms with Gasteiger partial charge in [-0.3, -0.25) is 13.7 Å². The number of benzene rings is 2. The first-order chi connectivity index (χ1) is 16.2. The van der Waals surface area contributed by atoms with Crippen LogP contribution in [0.1, 0.15) is 6.92 Å². The van der Waals surface area contributed by atoms with Crippen LogP contribution in [-0.2, 0) is 19.6 Å². The third-order valence-electron chi connectivity index (χ3n) is 4.87. The van der Waals surface area contributed by atoms with Gasteiger partial charge in [-0.15, -0.1) is 0 Å². The van der Waals surface area contributed by atoms with Gasteiger partial charge in [0.15, 0.2) is 5.82 Å². The first-order valence-electron chi connectivity index (χ1n) is 10.0. The maximum absolute atomic E-state index is 13.5. The molecule has 12 heteroatoms. The molecule has 4 aromatic rings. The van der Waals surface area contributed by atoms with E-state index in [2.05, 4.69) is 9.97 Å². The summed E-state index contributed by atoms with van der Waals surface area (Å²) < 4.78 is 34.8. The van der Waals surface area contributed by atoms with Crippen LogP contribution in [0.4, 0.5) is 11.5 Å². The molecule has 2 aromatic heterocycles. The summed E-state index contributed by atoms with van der Waals surface area (Å²) >= 11 is 12.1. The molecule has 2 aromatic carbocycles. The Morgan fingerprint density at radius 3 is 2.47 bits per heavy atom. The lowest BCUT2D eigenvalue weighted by atomic mass is 10.2. The van der Waals surface area contributed by atoms with Crippen LogP contribution in [0.15, 0.2) is 66.0 Å². The Bertz CT molecular complexity index is 1450. The van der Waals surface area contributed by atoms with Gasteiger partial charge >= 0.3 is 5.97 Å². The first kappa shape index (κ1) is 23.8. The monoisotopic (exact) mass is 519 g/mol. The summed E-state index contributed by atoms with van der Waals surface area (Å²) in [6.45, 7) is 1.22. The first-order valence-corrected chi connectivity index (χ1v) is 12.2. The van der Waals surface area contributed by atoms with Gasteiger partial charge in [-0.1, -0.05) is 23.2 Å². The number of rotatable bonds is 7. The van der Waals surface area contributed by atoms with Crippen LogP contribution in [0.2, 0.25) is 10.0 Å². The second-order valence-corrected chi connectivity index (χ2v) is 9.89. The molecule has 0 saturated heterocycles. The number of anilines is 2. The molecule has 34 heavy (non-hydrogen) atoms. The third kappa shape index (κ3) is 4.79. The van der Waals surface area contributed by atoms with Crippen molar-refractivity contribution >= 4 is 61.6 Å². The summed E-state index contributed by atoms with van der Waals surface area (Å²) in [4.78, 5) is 20.5. The summed E-state index contributed by atoms with van der Waals surface area (Å²) in [6.07, 6.45) is 4.75. The minimum absolute atomic E-state index is 0.111. The summed E-state index contributed by atoms with van der Waals surface area (Å²) in [7, 11) is -4.21. The number of nitrogen functional groups attached to an aromatic ring is 1. The number of carbonyl (C=O) groups excluding carboxylic acids is 1. The van der Waals surface area contributed by atoms with Gasteiger partial charge < -0.3 is 10.5 Å². The van der Waals surface area contributed by atoms with Gasteiger partial charge in [0.1, 0.15) is 12.4 Å². The number of aromatic nitrogens is 3. The summed E-state index contributed by atoms with van der Waals surface area (Å²) in [5, 5.41) is 1.02. The molecule has 0 aliphatic rings. The Labute approximate surface area is 205 Å². The molecule has 0 fully saturated rings. The van der Waals surface area contributed by atoms with Crippen LogP contribution < -0.4 is 10.0 Å². The van der Waals surface area contributed by atoms with Crippen molar-refractivity contribution in [2.75, 3.05) is 23.2 Å². The van der Waals surface area contributed by atoms with Crippen molar-refractivity contribution in [1.82, 2.24) is 14.5 Å². The molecule has 0 bridgehead atoms. The van der Waals surface area contributed by atoms with Gasteiger partial charge in [0.05, 0.1) is 35.1 Å². The Morgan fingerprint density at radius 2 is 1.82 bits per heavy atom. The fourth-order valence-corrected chi connectivity index (χ4v) is 5.51. The smallest absolute Gasteiger partial charge is 0.326 e. The van der Waals surface area contributed by atoms with Crippen molar-refractivity contribution in [3.05, 3.63) is 71.1 Å². The van der Waals surface area contributed by atoms with Crippen molar-refractivity contribution in [3.63, 3.8) is 0 Å². The molecular weight excluding hydrogens is 501 g/mol. The topological polar surface area (TPSA) is 120 Å². The molecule has 2 heterocycles. The van der Waals surface area contributed by atoms with Crippen LogP contribution in [-0.4, -0.2) is 42.1 Å². The standard InChI is InChI=1S/C22H19Cl2N5O4S/c1-2-33-22(30)13-29(34(31,32)18-9-15(23)8-16(24)10-18)17-3-4-19-14(7-17)5-6-28(19)21-12-26-20(25)11-27-21/h3-12H,2,13H2,1H3,(H2,25,26). The Balaban J connectivity index is 1.80. The lowest BCUT2D eigenvalue weighted by Gasteiger charge is -2.24. The molecule has 9 nitrogen and oxygen atoms in total. The zero-order valence-corrected chi connectivity index (χ0v) is 20.2. The van der Waals surface area contributed by atoms with Crippen LogP contribution in [0.5, 0.6) is 0 Å². The molecule has 176 valence electrons. The number of sulfonamides is 1. The van der Waals surface area contributed by atoms with Crippen molar-refractivity contribution < 1.29 is 17.9 Å². The minimum atomic E-state index is -4.21. The number of fused-ring (bicyclic) bond motifs is 1. The molecule has 0 radical (unpaired) electrons. The maximum Gasteiger partial charge on any atom is 0.326 e. The van der Waals surface area contributed by atoms with Gasteiger partial charge in [-0.25, -0.2) is 18.4 Å². The van der Waals surface area contributed by atoms with Crippen molar-refractivity contribution in [2.24, 2.45) is 0 Å². The number of hydrogen-bond acceptors (Lipinski definition) is 7. The van der Waals surface area contributed by atoms with E-state index >= 15 is 0 Å². The number of carbonyl (C=O) groups is 1. The molecular formula is C22H19Cl2N5O4S. The largest absolute Gasteiger partial charge is 0.465 e. The molecule has 4 rings (SSSR count). The van der Waals surface area contributed by atoms with E-state index in [0.29, 0.717) is 17.0 Å². The SMILES string of the molecule is CCOC(=O)CN(c1ccc2c(ccn2-c2cnc(N)cn2)c1)S(=O)(=O)c1cc(Cl)cc(Cl)c1. The Kier molecular flexibility index (Phi) is 6.65. The highest BCUT2D eigenvalue weighted by molar-refractivity contribution is 7.92. The van der Waals surface area contributed by atoms with E-state index in [4.69, 9.17) is 33.7 Å². The molecule has 0 aliphatic heterocycles. The quantitative estimate of drug-likeness (QED) is 0.365. The van der Waals surface area contributed by atoms with Crippen molar-refractivity contribution in [2.45, 2.75) is 11.8 Å². The predicted molar refractivity (Wildman–Crippen MR) is 131 cm³/mol. The van der Waals surface area contributed by atoms with Gasteiger partial charge in [0, 0.05) is 21.6 Å². The van der Waals surface area contributed by atoms with Gasteiger partial charge in [0.2, 0.25) is 0 Å². The Morgan fingerprint density at radius 1 is 1.09 bits per heavy atom. The summed E-state index contributed by atoms with van der Waals surface area (Å²) in [5.41, 5.74) is 6.63. The van der Waals surface area contributed by atoms with E-state index in [0.717, 1.165) is 9.82 Å². The highest BCUT2D eigenvalue weighted by Gasteiger charge is 2.29. The fraction of sp³-hybridized carbons (Fsp3) is 0.136. The normalized spacial score (nSPS) is 11.5. The van der Waals surface area contributed by atoms with Gasteiger partial charge in [0.25, 0.3) is 10.0 Å². The van der Waals surface area contributed by atoms with Gasteiger partial charge in [-0.2, -0.15) is 0 Å². The maximum atomic E-state index is 13.5. The van der Waals surface area contributed by atoms with E-state index in [1.54, 1.807) is 42.0 Å². The van der Waals surface area contributed by atoms with Crippen LogP contribution in [0.3, 0.4) is 0 Å². The van der Waals surface area contributed by atoms with Crippen molar-refractivity contribution in [3.8, 4) is 5.82 Å². The average Bonchev–Trinajstić information content (AvgIpc) is 3.20. The lowest BCUT2D eigenvalue weighted by molar-refractivity contribution is -0.141. The van der Waals surface area contributed by atoms with Crippen LogP contribution in [0, 0.1) is 0 Å². The molecule has 0 aliphatic carbocycles. The number of ether oxygens (including phenoxy) is 1. The molecule has 2 N–H and O–H groups in total. The van der Waals surface area contributed by atoms with E-state index in [1.165, 1.54) is 30.6 Å². The number of halogens is 2. The predicted octanol–water partition coefficient (Wildman–Crippen LogP) is 4.07. The summed E-state index contributed by atoms with van der Waals surface area (Å²) in [5.74, 6) is 0.138. The van der Waals surface area contributed by atoms with E-state index in [-0.39, 0.29) is 27.2 Å². The number of hydrogen-bond donors (Lipinski definition) is 1. The zero-order valence-electron chi connectivity index (χ0n) is 17.9. The van der Waals surface area contributed by atoms with Crippen LogP contribution in [0.25, 0.3) is 16.7 Å². The molecule has 0 unspecified atom stereocenters. The fourth-order valence-electron chi connectivity index (χ4n) is 3.38. The highest BCUT2D eigenvalue weighted by Crippen LogP contribution is 2.31. The number of nitrogens with two attached hydrogens (primary N) is 1. The average molecular weight is 520 g/mol. The second-order valence-electron chi connectivity index (χ2n) is 7.15. The molecule has 0 amide bonds. The van der Waals surface area contributed by atoms with E-state index in [1.807, 2.05) is 0 Å². The minimum Gasteiger partial charge on any atom is -0.465 e. The molecule has 0 spiro atoms. The summed E-state index contributed by atoms with van der Waals surface area (Å²) in [6, 6.07) is 10.7. The van der Waals surface area contributed by atoms with Crippen LogP contribution >= 0.6 is 23.2 Å². The number of esters is 1. The van der Waals surface area contributed by atoms with E-state index < -0.39 is 22.5 Å². The lowest BCUT2D eigenvalue weighted by Crippen LogP contribution is -2.36.